The lowest BCUT2D eigenvalue weighted by Crippen LogP contribution is -2.28. The van der Waals surface area contributed by atoms with E-state index >= 15 is 0 Å². The minimum Gasteiger partial charge on any atom is -0.355 e. The third kappa shape index (κ3) is 7.39. The molecule has 0 atom stereocenters. The molecule has 2 N–H and O–H groups in total. The van der Waals surface area contributed by atoms with Crippen molar-refractivity contribution in [3.8, 4) is 0 Å². The van der Waals surface area contributed by atoms with Gasteiger partial charge in [-0.1, -0.05) is 29.8 Å². The fourth-order valence-corrected chi connectivity index (χ4v) is 2.77. The summed E-state index contributed by atoms with van der Waals surface area (Å²) in [5.41, 5.74) is 2.84. The van der Waals surface area contributed by atoms with Crippen LogP contribution in [0.2, 0.25) is 0 Å². The van der Waals surface area contributed by atoms with Crippen molar-refractivity contribution < 1.29 is 14.0 Å². The number of halogens is 1. The highest BCUT2D eigenvalue weighted by atomic mass is 32.2. The number of thioether (sulfide) groups is 1. The van der Waals surface area contributed by atoms with Gasteiger partial charge in [0.05, 0.1) is 11.5 Å². The summed E-state index contributed by atoms with van der Waals surface area (Å²) in [5.74, 6) is -0.0689. The summed E-state index contributed by atoms with van der Waals surface area (Å²) in [7, 11) is 0. The Kier molecular flexibility index (Phi) is 7.47. The Morgan fingerprint density at radius 1 is 0.960 bits per heavy atom. The first-order valence-electron chi connectivity index (χ1n) is 7.98. The van der Waals surface area contributed by atoms with E-state index in [4.69, 9.17) is 0 Å². The molecule has 6 heteroatoms. The molecular formula is C19H21FN2O2S. The van der Waals surface area contributed by atoms with Gasteiger partial charge >= 0.3 is 0 Å². The fourth-order valence-electron chi connectivity index (χ4n) is 2.12. The fraction of sp³-hybridized carbons (Fsp3) is 0.263. The first-order valence-corrected chi connectivity index (χ1v) is 9.14. The molecule has 2 aromatic rings. The topological polar surface area (TPSA) is 58.2 Å². The highest BCUT2D eigenvalue weighted by Crippen LogP contribution is 2.09. The molecule has 0 unspecified atom stereocenters. The van der Waals surface area contributed by atoms with Gasteiger partial charge in [-0.15, -0.1) is 11.8 Å². The number of hydrogen-bond acceptors (Lipinski definition) is 3. The molecule has 0 aliphatic carbocycles. The van der Waals surface area contributed by atoms with Gasteiger partial charge < -0.3 is 10.6 Å². The van der Waals surface area contributed by atoms with Gasteiger partial charge in [-0.2, -0.15) is 0 Å². The third-order valence-electron chi connectivity index (χ3n) is 3.45. The Balaban J connectivity index is 1.59. The maximum absolute atomic E-state index is 12.8. The average Bonchev–Trinajstić information content (AvgIpc) is 2.59. The van der Waals surface area contributed by atoms with Gasteiger partial charge in [0.15, 0.2) is 0 Å². The molecule has 0 aromatic heterocycles. The first kappa shape index (κ1) is 19.0. The van der Waals surface area contributed by atoms with E-state index < -0.39 is 0 Å². The Morgan fingerprint density at radius 2 is 1.60 bits per heavy atom. The maximum Gasteiger partial charge on any atom is 0.234 e. The summed E-state index contributed by atoms with van der Waals surface area (Å²) >= 11 is 1.27. The van der Waals surface area contributed by atoms with Gasteiger partial charge in [0.2, 0.25) is 11.8 Å². The second-order valence-corrected chi connectivity index (χ2v) is 6.62. The van der Waals surface area contributed by atoms with Crippen LogP contribution in [-0.2, 0) is 16.0 Å². The Bertz CT molecular complexity index is 702. The van der Waals surface area contributed by atoms with Crippen molar-refractivity contribution in [2.24, 2.45) is 0 Å². The zero-order valence-corrected chi connectivity index (χ0v) is 14.9. The van der Waals surface area contributed by atoms with Gasteiger partial charge in [0.25, 0.3) is 0 Å². The number of carbonyl (C=O) groups excluding carboxylic acids is 2. The Labute approximate surface area is 151 Å². The van der Waals surface area contributed by atoms with E-state index in [1.807, 2.05) is 31.2 Å². The van der Waals surface area contributed by atoms with E-state index in [-0.39, 0.29) is 29.1 Å². The molecule has 132 valence electrons. The molecule has 25 heavy (non-hydrogen) atoms. The van der Waals surface area contributed by atoms with Crippen molar-refractivity contribution in [2.45, 2.75) is 13.3 Å². The third-order valence-corrected chi connectivity index (χ3v) is 4.38. The predicted octanol–water partition coefficient (Wildman–Crippen LogP) is 3.16. The first-order chi connectivity index (χ1) is 12.0. The van der Waals surface area contributed by atoms with Crippen LogP contribution < -0.4 is 10.6 Å². The summed E-state index contributed by atoms with van der Waals surface area (Å²) in [6, 6.07) is 13.8. The molecule has 0 aliphatic heterocycles. The SMILES string of the molecule is Cc1ccc(NC(=O)CSCC(=O)NCCc2ccc(F)cc2)cc1. The number of anilines is 1. The monoisotopic (exact) mass is 360 g/mol. The van der Waals surface area contributed by atoms with Crippen molar-refractivity contribution in [1.29, 1.82) is 0 Å². The van der Waals surface area contributed by atoms with Crippen molar-refractivity contribution in [2.75, 3.05) is 23.4 Å². The number of aryl methyl sites for hydroxylation is 1. The second-order valence-electron chi connectivity index (χ2n) is 5.63. The highest BCUT2D eigenvalue weighted by molar-refractivity contribution is 8.00. The molecule has 2 rings (SSSR count). The molecular weight excluding hydrogens is 339 g/mol. The lowest BCUT2D eigenvalue weighted by molar-refractivity contribution is -0.118. The summed E-state index contributed by atoms with van der Waals surface area (Å²) < 4.78 is 12.8. The number of nitrogens with one attached hydrogen (secondary N) is 2. The number of carbonyl (C=O) groups is 2. The molecule has 0 fully saturated rings. The lowest BCUT2D eigenvalue weighted by atomic mass is 10.1. The number of amides is 2. The van der Waals surface area contributed by atoms with E-state index in [1.54, 1.807) is 12.1 Å². The molecule has 0 radical (unpaired) electrons. The summed E-state index contributed by atoms with van der Waals surface area (Å²) in [5, 5.41) is 5.58. The van der Waals surface area contributed by atoms with Crippen molar-refractivity contribution >= 4 is 29.3 Å². The molecule has 0 bridgehead atoms. The molecule has 0 saturated carbocycles. The molecule has 0 heterocycles. The van der Waals surface area contributed by atoms with Crippen LogP contribution in [0.4, 0.5) is 10.1 Å². The van der Waals surface area contributed by atoms with Gasteiger partial charge in [0.1, 0.15) is 5.82 Å². The van der Waals surface area contributed by atoms with Gasteiger partial charge in [-0.25, -0.2) is 4.39 Å². The largest absolute Gasteiger partial charge is 0.355 e. The van der Waals surface area contributed by atoms with Crippen LogP contribution in [0.25, 0.3) is 0 Å². The predicted molar refractivity (Wildman–Crippen MR) is 100 cm³/mol. The molecule has 0 spiro atoms. The number of rotatable bonds is 8. The normalized spacial score (nSPS) is 10.3. The number of hydrogen-bond donors (Lipinski definition) is 2. The molecule has 2 amide bonds. The van der Waals surface area contributed by atoms with E-state index in [9.17, 15) is 14.0 Å². The molecule has 0 aliphatic rings. The van der Waals surface area contributed by atoms with E-state index in [0.29, 0.717) is 13.0 Å². The standard InChI is InChI=1S/C19H21FN2O2S/c1-14-2-8-17(9-3-14)22-19(24)13-25-12-18(23)21-11-10-15-4-6-16(20)7-5-15/h2-9H,10-13H2,1H3,(H,21,23)(H,22,24). The molecule has 2 aromatic carbocycles. The second kappa shape index (κ2) is 9.84. The minimum absolute atomic E-state index is 0.116. The Hall–Kier alpha value is -2.34. The smallest absolute Gasteiger partial charge is 0.234 e. The van der Waals surface area contributed by atoms with E-state index in [2.05, 4.69) is 10.6 Å². The zero-order valence-electron chi connectivity index (χ0n) is 14.0. The Morgan fingerprint density at radius 3 is 2.28 bits per heavy atom. The highest BCUT2D eigenvalue weighted by Gasteiger charge is 2.06. The van der Waals surface area contributed by atoms with Crippen LogP contribution in [0.1, 0.15) is 11.1 Å². The summed E-state index contributed by atoms with van der Waals surface area (Å²) in [6.07, 6.45) is 0.643. The summed E-state index contributed by atoms with van der Waals surface area (Å²) in [4.78, 5) is 23.6. The van der Waals surface area contributed by atoms with Crippen molar-refractivity contribution in [3.63, 3.8) is 0 Å². The van der Waals surface area contributed by atoms with Crippen LogP contribution in [0.3, 0.4) is 0 Å². The van der Waals surface area contributed by atoms with Crippen LogP contribution in [0, 0.1) is 12.7 Å². The molecule has 4 nitrogen and oxygen atoms in total. The molecule has 0 saturated heterocycles. The van der Waals surface area contributed by atoms with Gasteiger partial charge in [-0.05, 0) is 43.2 Å². The summed E-state index contributed by atoms with van der Waals surface area (Å²) in [6.45, 7) is 2.47. The van der Waals surface area contributed by atoms with Crippen molar-refractivity contribution in [1.82, 2.24) is 5.32 Å². The maximum atomic E-state index is 12.8. The average molecular weight is 360 g/mol. The van der Waals surface area contributed by atoms with Crippen LogP contribution >= 0.6 is 11.8 Å². The van der Waals surface area contributed by atoms with Gasteiger partial charge in [-0.3, -0.25) is 9.59 Å². The minimum atomic E-state index is -0.270. The van der Waals surface area contributed by atoms with Crippen LogP contribution in [0.5, 0.6) is 0 Å². The van der Waals surface area contributed by atoms with Gasteiger partial charge in [0, 0.05) is 12.2 Å². The van der Waals surface area contributed by atoms with Crippen LogP contribution in [-0.4, -0.2) is 29.9 Å². The quantitative estimate of drug-likeness (QED) is 0.760. The number of benzene rings is 2. The van der Waals surface area contributed by atoms with Crippen molar-refractivity contribution in [3.05, 3.63) is 65.5 Å². The zero-order chi connectivity index (χ0) is 18.1. The van der Waals surface area contributed by atoms with E-state index in [0.717, 1.165) is 16.8 Å². The van der Waals surface area contributed by atoms with Crippen LogP contribution in [0.15, 0.2) is 48.5 Å². The lowest BCUT2D eigenvalue weighted by Gasteiger charge is -2.07. The van der Waals surface area contributed by atoms with E-state index in [1.165, 1.54) is 23.9 Å².